The van der Waals surface area contributed by atoms with Gasteiger partial charge in [-0.2, -0.15) is 0 Å². The highest BCUT2D eigenvalue weighted by Crippen LogP contribution is 2.28. The SMILES string of the molecule is CCCCCCCCCCC(=O)N(CCO)C(CN)(CCC(=O)O)CCC(=O)O. The predicted molar refractivity (Wildman–Crippen MR) is 112 cm³/mol. The summed E-state index contributed by atoms with van der Waals surface area (Å²) < 4.78 is 0. The van der Waals surface area contributed by atoms with Crippen molar-refractivity contribution in [1.29, 1.82) is 0 Å². The Balaban J connectivity index is 4.91. The molecule has 0 rings (SSSR count). The quantitative estimate of drug-likeness (QED) is 0.237. The molecule has 0 aromatic heterocycles. The first-order valence-electron chi connectivity index (χ1n) is 10.9. The van der Waals surface area contributed by atoms with Crippen LogP contribution in [0, 0.1) is 0 Å². The van der Waals surface area contributed by atoms with Crippen LogP contribution in [0.1, 0.15) is 90.4 Å². The van der Waals surface area contributed by atoms with Gasteiger partial charge in [0.1, 0.15) is 0 Å². The number of hydrogen-bond donors (Lipinski definition) is 4. The first-order valence-corrected chi connectivity index (χ1v) is 10.9. The predicted octanol–water partition coefficient (Wildman–Crippen LogP) is 2.77. The average Bonchev–Trinajstić information content (AvgIpc) is 2.68. The van der Waals surface area contributed by atoms with Gasteiger partial charge in [-0.3, -0.25) is 14.4 Å². The number of carboxylic acids is 2. The molecule has 0 aromatic carbocycles. The molecule has 0 atom stereocenters. The Labute approximate surface area is 174 Å². The zero-order chi connectivity index (χ0) is 22.1. The maximum absolute atomic E-state index is 12.9. The highest BCUT2D eigenvalue weighted by Gasteiger charge is 2.38. The summed E-state index contributed by atoms with van der Waals surface area (Å²) in [5.74, 6) is -2.26. The number of nitrogens with zero attached hydrogens (tertiary/aromatic N) is 1. The number of carbonyl (C=O) groups excluding carboxylic acids is 1. The minimum absolute atomic E-state index is 0.0201. The summed E-state index contributed by atoms with van der Waals surface area (Å²) in [7, 11) is 0. The third-order valence-electron chi connectivity index (χ3n) is 5.43. The molecule has 1 amide bonds. The number of aliphatic carboxylic acids is 2. The van der Waals surface area contributed by atoms with Crippen molar-refractivity contribution in [3.05, 3.63) is 0 Å². The van der Waals surface area contributed by atoms with Crippen molar-refractivity contribution in [2.45, 2.75) is 95.9 Å². The third-order valence-corrected chi connectivity index (χ3v) is 5.43. The van der Waals surface area contributed by atoms with Gasteiger partial charge in [0, 0.05) is 32.4 Å². The van der Waals surface area contributed by atoms with Gasteiger partial charge >= 0.3 is 11.9 Å². The summed E-state index contributed by atoms with van der Waals surface area (Å²) in [5, 5.41) is 27.6. The number of unbranched alkanes of at least 4 members (excludes halogenated alkanes) is 7. The molecular formula is C21H40N2O6. The summed E-state index contributed by atoms with van der Waals surface area (Å²) in [6.07, 6.45) is 8.76. The Morgan fingerprint density at radius 2 is 1.31 bits per heavy atom. The molecule has 0 heterocycles. The normalized spacial score (nSPS) is 11.4. The molecule has 170 valence electrons. The van der Waals surface area contributed by atoms with Gasteiger partial charge in [-0.05, 0) is 19.3 Å². The molecule has 0 aromatic rings. The first-order chi connectivity index (χ1) is 13.8. The van der Waals surface area contributed by atoms with Crippen LogP contribution in [0.5, 0.6) is 0 Å². The lowest BCUT2D eigenvalue weighted by Crippen LogP contribution is -2.57. The first kappa shape index (κ1) is 27.3. The van der Waals surface area contributed by atoms with Gasteiger partial charge in [0.15, 0.2) is 0 Å². The van der Waals surface area contributed by atoms with E-state index in [9.17, 15) is 19.5 Å². The molecule has 0 spiro atoms. The zero-order valence-corrected chi connectivity index (χ0v) is 17.9. The van der Waals surface area contributed by atoms with Crippen molar-refractivity contribution in [1.82, 2.24) is 4.90 Å². The zero-order valence-electron chi connectivity index (χ0n) is 17.9. The number of rotatable bonds is 19. The van der Waals surface area contributed by atoms with Gasteiger partial charge < -0.3 is 26.0 Å². The van der Waals surface area contributed by atoms with Crippen molar-refractivity contribution in [2.75, 3.05) is 19.7 Å². The minimum atomic E-state index is -1.07. The monoisotopic (exact) mass is 416 g/mol. The van der Waals surface area contributed by atoms with E-state index >= 15 is 0 Å². The molecular weight excluding hydrogens is 376 g/mol. The fourth-order valence-corrected chi connectivity index (χ4v) is 3.66. The number of carboxylic acid groups (broad SMARTS) is 2. The fourth-order valence-electron chi connectivity index (χ4n) is 3.66. The largest absolute Gasteiger partial charge is 0.481 e. The molecule has 0 saturated carbocycles. The Kier molecular flexibility index (Phi) is 15.2. The van der Waals surface area contributed by atoms with E-state index in [1.807, 2.05) is 0 Å². The topological polar surface area (TPSA) is 141 Å². The van der Waals surface area contributed by atoms with Crippen LogP contribution < -0.4 is 5.73 Å². The van der Waals surface area contributed by atoms with Crippen LogP contribution in [0.3, 0.4) is 0 Å². The smallest absolute Gasteiger partial charge is 0.303 e. The molecule has 29 heavy (non-hydrogen) atoms. The average molecular weight is 417 g/mol. The molecule has 0 unspecified atom stereocenters. The number of aliphatic hydroxyl groups is 1. The van der Waals surface area contributed by atoms with E-state index in [0.717, 1.165) is 19.3 Å². The van der Waals surface area contributed by atoms with E-state index < -0.39 is 17.5 Å². The number of nitrogens with two attached hydrogens (primary N) is 1. The summed E-state index contributed by atoms with van der Waals surface area (Å²) in [4.78, 5) is 36.5. The van der Waals surface area contributed by atoms with E-state index in [2.05, 4.69) is 6.92 Å². The van der Waals surface area contributed by atoms with Crippen molar-refractivity contribution in [3.8, 4) is 0 Å². The van der Waals surface area contributed by atoms with Gasteiger partial charge in [-0.1, -0.05) is 51.9 Å². The molecule has 0 fully saturated rings. The molecule has 0 bridgehead atoms. The molecule has 8 heteroatoms. The van der Waals surface area contributed by atoms with E-state index in [1.54, 1.807) is 0 Å². The second-order valence-electron chi connectivity index (χ2n) is 7.71. The number of carbonyl (C=O) groups is 3. The van der Waals surface area contributed by atoms with Crippen LogP contribution in [0.15, 0.2) is 0 Å². The highest BCUT2D eigenvalue weighted by atomic mass is 16.4. The van der Waals surface area contributed by atoms with Gasteiger partial charge in [-0.15, -0.1) is 0 Å². The number of amides is 1. The van der Waals surface area contributed by atoms with Crippen molar-refractivity contribution in [3.63, 3.8) is 0 Å². The number of hydrogen-bond acceptors (Lipinski definition) is 5. The fraction of sp³-hybridized carbons (Fsp3) is 0.857. The Morgan fingerprint density at radius 3 is 1.72 bits per heavy atom. The van der Waals surface area contributed by atoms with Crippen molar-refractivity contribution >= 4 is 17.8 Å². The molecule has 8 nitrogen and oxygen atoms in total. The third kappa shape index (κ3) is 11.8. The minimum Gasteiger partial charge on any atom is -0.481 e. The Bertz CT molecular complexity index is 466. The van der Waals surface area contributed by atoms with Crippen LogP contribution in [-0.4, -0.2) is 63.3 Å². The Morgan fingerprint density at radius 1 is 0.828 bits per heavy atom. The van der Waals surface area contributed by atoms with Crippen LogP contribution >= 0.6 is 0 Å². The number of aliphatic hydroxyl groups excluding tert-OH is 1. The van der Waals surface area contributed by atoms with Gasteiger partial charge in [-0.25, -0.2) is 0 Å². The lowest BCUT2D eigenvalue weighted by Gasteiger charge is -2.43. The molecule has 0 aliphatic rings. The van der Waals surface area contributed by atoms with Crippen LogP contribution in [0.25, 0.3) is 0 Å². The molecule has 0 radical (unpaired) electrons. The lowest BCUT2D eigenvalue weighted by molar-refractivity contribution is -0.145. The van der Waals surface area contributed by atoms with Crippen LogP contribution in [-0.2, 0) is 14.4 Å². The van der Waals surface area contributed by atoms with E-state index in [-0.39, 0.29) is 57.7 Å². The second-order valence-corrected chi connectivity index (χ2v) is 7.71. The standard InChI is InChI=1S/C21H40N2O6/c1-2-3-4-5-6-7-8-9-10-18(25)23(15-16-24)21(17-22,13-11-19(26)27)14-12-20(28)29/h24H,2-17,22H2,1H3,(H,26,27)(H,28,29). The molecule has 5 N–H and O–H groups in total. The lowest BCUT2D eigenvalue weighted by atomic mass is 9.85. The van der Waals surface area contributed by atoms with Gasteiger partial charge in [0.25, 0.3) is 0 Å². The molecule has 0 aliphatic heterocycles. The van der Waals surface area contributed by atoms with Crippen molar-refractivity contribution in [2.24, 2.45) is 5.73 Å². The number of β-amino-alcohol motifs (C(OH)–C–C–N with tert-alkyl or cyclic N) is 1. The maximum atomic E-state index is 12.9. The summed E-state index contributed by atoms with van der Waals surface area (Å²) >= 11 is 0. The van der Waals surface area contributed by atoms with Gasteiger partial charge in [0.2, 0.25) is 5.91 Å². The van der Waals surface area contributed by atoms with Crippen molar-refractivity contribution < 1.29 is 29.7 Å². The molecule has 0 saturated heterocycles. The summed E-state index contributed by atoms with van der Waals surface area (Å²) in [6, 6.07) is 0. The van der Waals surface area contributed by atoms with Crippen LogP contribution in [0.2, 0.25) is 0 Å². The molecule has 0 aliphatic carbocycles. The van der Waals surface area contributed by atoms with E-state index in [1.165, 1.54) is 30.6 Å². The Hall–Kier alpha value is -1.67. The van der Waals surface area contributed by atoms with E-state index in [0.29, 0.717) is 6.42 Å². The summed E-state index contributed by atoms with van der Waals surface area (Å²) in [6.45, 7) is 1.87. The maximum Gasteiger partial charge on any atom is 0.303 e. The second kappa shape index (κ2) is 16.2. The summed E-state index contributed by atoms with van der Waals surface area (Å²) in [5.41, 5.74) is 4.85. The van der Waals surface area contributed by atoms with Crippen LogP contribution in [0.4, 0.5) is 0 Å². The van der Waals surface area contributed by atoms with Gasteiger partial charge in [0.05, 0.1) is 12.1 Å². The highest BCUT2D eigenvalue weighted by molar-refractivity contribution is 5.77. The van der Waals surface area contributed by atoms with E-state index in [4.69, 9.17) is 15.9 Å².